The monoisotopic (exact) mass is 217 g/mol. The summed E-state index contributed by atoms with van der Waals surface area (Å²) >= 11 is 0. The van der Waals surface area contributed by atoms with Crippen LogP contribution in [0.2, 0.25) is 0 Å². The summed E-state index contributed by atoms with van der Waals surface area (Å²) in [7, 11) is 0. The van der Waals surface area contributed by atoms with Gasteiger partial charge in [0.2, 0.25) is 0 Å². The first kappa shape index (κ1) is 10.2. The van der Waals surface area contributed by atoms with E-state index in [4.69, 9.17) is 0 Å². The van der Waals surface area contributed by atoms with Crippen molar-refractivity contribution in [3.8, 4) is 0 Å². The minimum Gasteiger partial charge on any atom is -0.368 e. The summed E-state index contributed by atoms with van der Waals surface area (Å²) in [5.41, 5.74) is 1.36. The van der Waals surface area contributed by atoms with Crippen molar-refractivity contribution in [3.05, 3.63) is 36.2 Å². The van der Waals surface area contributed by atoms with Crippen molar-refractivity contribution in [3.63, 3.8) is 0 Å². The third-order valence-electron chi connectivity index (χ3n) is 4.49. The van der Waals surface area contributed by atoms with Gasteiger partial charge in [-0.05, 0) is 49.0 Å². The number of fused-ring (bicyclic) bond motifs is 3. The molecule has 0 amide bonds. The second-order valence-electron chi connectivity index (χ2n) is 5.46. The number of quaternary nitrogens is 1. The van der Waals surface area contributed by atoms with E-state index in [9.17, 15) is 0 Å². The molecule has 0 aromatic carbocycles. The van der Waals surface area contributed by atoms with Gasteiger partial charge >= 0.3 is 0 Å². The minimum atomic E-state index is 1.06. The standard InChI is InChI=1S/C14H21N2/c1-7-15-8-2-13(1)3-9-16-10-4-14(5-11-16)6-12-16/h1-3,7-8,14-15H,4-6,9-12H2/q+1. The Kier molecular flexibility index (Phi) is 2.60. The van der Waals surface area contributed by atoms with E-state index in [1.807, 2.05) is 12.4 Å². The van der Waals surface area contributed by atoms with E-state index in [-0.39, 0.29) is 0 Å². The molecule has 0 saturated carbocycles. The Morgan fingerprint density at radius 1 is 1.12 bits per heavy atom. The zero-order valence-corrected chi connectivity index (χ0v) is 9.86. The van der Waals surface area contributed by atoms with Crippen molar-refractivity contribution in [1.29, 1.82) is 0 Å². The van der Waals surface area contributed by atoms with Crippen molar-refractivity contribution in [2.45, 2.75) is 19.3 Å². The molecule has 4 aliphatic heterocycles. The molecule has 0 aliphatic carbocycles. The van der Waals surface area contributed by atoms with Gasteiger partial charge in [-0.25, -0.2) is 0 Å². The lowest BCUT2D eigenvalue weighted by molar-refractivity contribution is -0.937. The highest BCUT2D eigenvalue weighted by molar-refractivity contribution is 5.33. The van der Waals surface area contributed by atoms with Crippen LogP contribution in [0.4, 0.5) is 0 Å². The van der Waals surface area contributed by atoms with Gasteiger partial charge in [-0.3, -0.25) is 0 Å². The fraction of sp³-hybridized carbons (Fsp3) is 0.571. The van der Waals surface area contributed by atoms with Gasteiger partial charge in [-0.2, -0.15) is 0 Å². The molecule has 0 aromatic rings. The summed E-state index contributed by atoms with van der Waals surface area (Å²) in [6, 6.07) is 0. The first-order valence-corrected chi connectivity index (χ1v) is 6.51. The van der Waals surface area contributed by atoms with Gasteiger partial charge in [0.05, 0.1) is 26.2 Å². The first-order chi connectivity index (χ1) is 7.86. The Morgan fingerprint density at radius 2 is 1.75 bits per heavy atom. The zero-order valence-electron chi connectivity index (χ0n) is 9.86. The summed E-state index contributed by atoms with van der Waals surface area (Å²) in [6.45, 7) is 5.48. The molecule has 0 unspecified atom stereocenters. The molecule has 0 atom stereocenters. The number of hydrogen-bond donors (Lipinski definition) is 1. The Hall–Kier alpha value is -1.02. The Labute approximate surface area is 97.9 Å². The van der Waals surface area contributed by atoms with Gasteiger partial charge in [0.25, 0.3) is 0 Å². The zero-order chi connectivity index (χ0) is 10.8. The average molecular weight is 217 g/mol. The fourth-order valence-corrected chi connectivity index (χ4v) is 3.25. The van der Waals surface area contributed by atoms with Crippen molar-refractivity contribution in [1.82, 2.24) is 5.32 Å². The Bertz CT molecular complexity index is 316. The van der Waals surface area contributed by atoms with Gasteiger partial charge in [0.1, 0.15) is 0 Å². The van der Waals surface area contributed by atoms with Crippen LogP contribution < -0.4 is 5.32 Å². The highest BCUT2D eigenvalue weighted by Crippen LogP contribution is 2.33. The van der Waals surface area contributed by atoms with E-state index >= 15 is 0 Å². The minimum absolute atomic E-state index is 1.06. The number of rotatable bonds is 2. The van der Waals surface area contributed by atoms with E-state index in [1.54, 1.807) is 0 Å². The molecule has 4 rings (SSSR count). The molecule has 0 radical (unpaired) electrons. The molecule has 86 valence electrons. The van der Waals surface area contributed by atoms with Crippen LogP contribution >= 0.6 is 0 Å². The molecule has 0 spiro atoms. The molecular weight excluding hydrogens is 196 g/mol. The smallest absolute Gasteiger partial charge is 0.0982 e. The highest BCUT2D eigenvalue weighted by atomic mass is 15.4. The second kappa shape index (κ2) is 4.10. The van der Waals surface area contributed by atoms with Gasteiger partial charge < -0.3 is 9.80 Å². The topological polar surface area (TPSA) is 12.0 Å². The predicted octanol–water partition coefficient (Wildman–Crippen LogP) is 2.17. The predicted molar refractivity (Wildman–Crippen MR) is 66.6 cm³/mol. The van der Waals surface area contributed by atoms with Crippen molar-refractivity contribution in [2.75, 3.05) is 26.2 Å². The van der Waals surface area contributed by atoms with Crippen LogP contribution in [0.1, 0.15) is 19.3 Å². The van der Waals surface area contributed by atoms with Crippen LogP contribution in [0.5, 0.6) is 0 Å². The van der Waals surface area contributed by atoms with Crippen LogP contribution in [-0.2, 0) is 0 Å². The van der Waals surface area contributed by atoms with Crippen LogP contribution in [0.3, 0.4) is 0 Å². The number of nitrogens with one attached hydrogen (secondary N) is 1. The van der Waals surface area contributed by atoms with Crippen molar-refractivity contribution in [2.24, 2.45) is 5.92 Å². The molecule has 2 nitrogen and oxygen atoms in total. The maximum atomic E-state index is 3.08. The second-order valence-corrected chi connectivity index (χ2v) is 5.46. The molecular formula is C14H21N2+. The van der Waals surface area contributed by atoms with E-state index in [0.717, 1.165) is 5.92 Å². The van der Waals surface area contributed by atoms with Crippen LogP contribution in [-0.4, -0.2) is 30.7 Å². The summed E-state index contributed by atoms with van der Waals surface area (Å²) in [6.07, 6.45) is 15.2. The number of nitrogens with zero attached hydrogens (tertiary/aromatic N) is 1. The molecule has 2 heteroatoms. The molecule has 4 heterocycles. The maximum Gasteiger partial charge on any atom is 0.0982 e. The maximum absolute atomic E-state index is 3.08. The lowest BCUT2D eigenvalue weighted by Crippen LogP contribution is -2.58. The highest BCUT2D eigenvalue weighted by Gasteiger charge is 2.38. The summed E-state index contributed by atoms with van der Waals surface area (Å²) in [5.74, 6) is 1.06. The summed E-state index contributed by atoms with van der Waals surface area (Å²) < 4.78 is 1.36. The average Bonchev–Trinajstić information content (AvgIpc) is 2.40. The molecule has 2 bridgehead atoms. The number of hydrogen-bond acceptors (Lipinski definition) is 1. The number of piperidine rings is 3. The quantitative estimate of drug-likeness (QED) is 0.699. The van der Waals surface area contributed by atoms with Crippen LogP contribution in [0.25, 0.3) is 0 Å². The summed E-state index contributed by atoms with van der Waals surface area (Å²) in [4.78, 5) is 0. The van der Waals surface area contributed by atoms with Crippen molar-refractivity contribution >= 4 is 0 Å². The Balaban J connectivity index is 1.67. The molecule has 3 fully saturated rings. The lowest BCUT2D eigenvalue weighted by atomic mass is 9.85. The van der Waals surface area contributed by atoms with Gasteiger partial charge in [-0.15, -0.1) is 0 Å². The summed E-state index contributed by atoms with van der Waals surface area (Å²) in [5, 5.41) is 3.08. The van der Waals surface area contributed by atoms with E-state index < -0.39 is 0 Å². The van der Waals surface area contributed by atoms with E-state index in [0.29, 0.717) is 0 Å². The number of allylic oxidation sites excluding steroid dienone is 3. The third-order valence-corrected chi connectivity index (χ3v) is 4.49. The lowest BCUT2D eigenvalue weighted by Gasteiger charge is -2.48. The van der Waals surface area contributed by atoms with E-state index in [1.165, 1.54) is 55.5 Å². The SMILES string of the molecule is C1=CC(=CC[N+]23CCC(CC2)CC3)C=CN1. The largest absolute Gasteiger partial charge is 0.368 e. The van der Waals surface area contributed by atoms with Gasteiger partial charge in [0.15, 0.2) is 0 Å². The fourth-order valence-electron chi connectivity index (χ4n) is 3.25. The molecule has 16 heavy (non-hydrogen) atoms. The van der Waals surface area contributed by atoms with Gasteiger partial charge in [0, 0.05) is 12.4 Å². The number of dihydropyridines is 1. The van der Waals surface area contributed by atoms with Gasteiger partial charge in [-0.1, -0.05) is 0 Å². The molecule has 1 N–H and O–H groups in total. The van der Waals surface area contributed by atoms with Crippen LogP contribution in [0.15, 0.2) is 36.2 Å². The third kappa shape index (κ3) is 1.94. The van der Waals surface area contributed by atoms with Crippen molar-refractivity contribution < 1.29 is 4.48 Å². The molecule has 3 saturated heterocycles. The van der Waals surface area contributed by atoms with E-state index in [2.05, 4.69) is 23.5 Å². The van der Waals surface area contributed by atoms with Crippen LogP contribution in [0, 0.1) is 5.92 Å². The molecule has 4 aliphatic rings. The molecule has 0 aromatic heterocycles. The first-order valence-electron chi connectivity index (χ1n) is 6.51. The normalized spacial score (nSPS) is 36.2. The Morgan fingerprint density at radius 3 is 2.38 bits per heavy atom.